The Kier molecular flexibility index (Phi) is 3.98. The highest BCUT2D eigenvalue weighted by molar-refractivity contribution is 6.31. The lowest BCUT2D eigenvalue weighted by atomic mass is 9.82. The van der Waals surface area contributed by atoms with Crippen molar-refractivity contribution < 1.29 is 23.8 Å². The summed E-state index contributed by atoms with van der Waals surface area (Å²) >= 11 is 6.00. The minimum absolute atomic E-state index is 0.0410. The molecule has 7 heteroatoms. The molecule has 1 fully saturated rings. The minimum atomic E-state index is -0.552. The van der Waals surface area contributed by atoms with Crippen LogP contribution in [-0.2, 0) is 0 Å². The second kappa shape index (κ2) is 6.41. The van der Waals surface area contributed by atoms with E-state index < -0.39 is 5.60 Å². The van der Waals surface area contributed by atoms with Crippen LogP contribution in [0.4, 0.5) is 0 Å². The molecule has 0 unspecified atom stereocenters. The van der Waals surface area contributed by atoms with Crippen LogP contribution in [0.15, 0.2) is 36.4 Å². The molecule has 0 atom stereocenters. The number of ether oxygens (including phenoxy) is 3. The second-order valence-electron chi connectivity index (χ2n) is 7.39. The fraction of sp³-hybridized carbons (Fsp3) is 0.333. The number of benzene rings is 2. The van der Waals surface area contributed by atoms with Crippen molar-refractivity contribution in [2.24, 2.45) is 0 Å². The molecule has 3 aliphatic heterocycles. The van der Waals surface area contributed by atoms with Gasteiger partial charge in [0.2, 0.25) is 6.79 Å². The van der Waals surface area contributed by atoms with E-state index in [-0.39, 0.29) is 18.5 Å². The van der Waals surface area contributed by atoms with Crippen LogP contribution < -0.4 is 14.2 Å². The van der Waals surface area contributed by atoms with Crippen LogP contribution in [-0.4, -0.2) is 42.1 Å². The summed E-state index contributed by atoms with van der Waals surface area (Å²) in [5, 5.41) is 0.524. The smallest absolute Gasteiger partial charge is 0.253 e. The summed E-state index contributed by atoms with van der Waals surface area (Å²) in [7, 11) is 0. The Morgan fingerprint density at radius 3 is 2.57 bits per heavy atom. The number of fused-ring (bicyclic) bond motifs is 2. The predicted molar refractivity (Wildman–Crippen MR) is 101 cm³/mol. The first-order chi connectivity index (χ1) is 13.5. The van der Waals surface area contributed by atoms with Gasteiger partial charge in [-0.15, -0.1) is 0 Å². The zero-order valence-electron chi connectivity index (χ0n) is 15.1. The molecule has 6 nitrogen and oxygen atoms in total. The lowest BCUT2D eigenvalue weighted by Crippen LogP contribution is -2.52. The number of carbonyl (C=O) groups is 2. The van der Waals surface area contributed by atoms with Crippen molar-refractivity contribution in [1.29, 1.82) is 0 Å². The van der Waals surface area contributed by atoms with Gasteiger partial charge in [-0.3, -0.25) is 9.59 Å². The highest BCUT2D eigenvalue weighted by atomic mass is 35.5. The Labute approximate surface area is 166 Å². The maximum Gasteiger partial charge on any atom is 0.253 e. The van der Waals surface area contributed by atoms with Gasteiger partial charge in [0.05, 0.1) is 12.0 Å². The van der Waals surface area contributed by atoms with Gasteiger partial charge in [-0.2, -0.15) is 0 Å². The number of likely N-dealkylation sites (tertiary alicyclic amines) is 1. The van der Waals surface area contributed by atoms with Gasteiger partial charge in [-0.1, -0.05) is 11.6 Å². The Balaban J connectivity index is 1.30. The molecule has 1 spiro atoms. The van der Waals surface area contributed by atoms with E-state index in [4.69, 9.17) is 25.8 Å². The van der Waals surface area contributed by atoms with Gasteiger partial charge in [0, 0.05) is 36.5 Å². The van der Waals surface area contributed by atoms with Crippen molar-refractivity contribution in [2.45, 2.75) is 24.9 Å². The summed E-state index contributed by atoms with van der Waals surface area (Å²) in [5.74, 6) is 1.82. The molecule has 1 amide bonds. The van der Waals surface area contributed by atoms with Gasteiger partial charge in [0.25, 0.3) is 5.91 Å². The first-order valence-corrected chi connectivity index (χ1v) is 9.62. The molecule has 0 aromatic heterocycles. The summed E-state index contributed by atoms with van der Waals surface area (Å²) in [5.41, 5.74) is 0.557. The SMILES string of the molecule is O=C1CC2(CCN(C(=O)c3ccc4c(c3)OCO4)CC2)Oc2ccc(Cl)cc21. The number of rotatable bonds is 1. The van der Waals surface area contributed by atoms with Gasteiger partial charge in [0.15, 0.2) is 17.3 Å². The summed E-state index contributed by atoms with van der Waals surface area (Å²) in [4.78, 5) is 27.3. The number of carbonyl (C=O) groups excluding carboxylic acids is 2. The number of hydrogen-bond acceptors (Lipinski definition) is 5. The molecule has 0 radical (unpaired) electrons. The van der Waals surface area contributed by atoms with Crippen LogP contribution in [0.5, 0.6) is 17.2 Å². The molecular formula is C21H18ClNO5. The Morgan fingerprint density at radius 1 is 1.00 bits per heavy atom. The zero-order chi connectivity index (χ0) is 19.3. The van der Waals surface area contributed by atoms with Gasteiger partial charge in [-0.25, -0.2) is 0 Å². The lowest BCUT2D eigenvalue weighted by Gasteiger charge is -2.44. The molecule has 0 saturated carbocycles. The van der Waals surface area contributed by atoms with E-state index in [9.17, 15) is 9.59 Å². The molecule has 5 rings (SSSR count). The molecule has 28 heavy (non-hydrogen) atoms. The average molecular weight is 400 g/mol. The third-order valence-electron chi connectivity index (χ3n) is 5.63. The van der Waals surface area contributed by atoms with Crippen LogP contribution >= 0.6 is 11.6 Å². The molecule has 144 valence electrons. The van der Waals surface area contributed by atoms with E-state index in [1.807, 2.05) is 0 Å². The van der Waals surface area contributed by atoms with Crippen LogP contribution in [0.2, 0.25) is 5.02 Å². The van der Waals surface area contributed by atoms with Gasteiger partial charge < -0.3 is 19.1 Å². The number of amides is 1. The topological polar surface area (TPSA) is 65.1 Å². The fourth-order valence-electron chi connectivity index (χ4n) is 4.07. The summed E-state index contributed by atoms with van der Waals surface area (Å²) < 4.78 is 16.9. The van der Waals surface area contributed by atoms with Crippen molar-refractivity contribution in [3.05, 3.63) is 52.5 Å². The molecular weight excluding hydrogens is 382 g/mol. The van der Waals surface area contributed by atoms with E-state index in [0.717, 1.165) is 0 Å². The van der Waals surface area contributed by atoms with E-state index in [1.54, 1.807) is 41.3 Å². The van der Waals surface area contributed by atoms with E-state index in [1.165, 1.54) is 0 Å². The van der Waals surface area contributed by atoms with Crippen molar-refractivity contribution in [2.75, 3.05) is 19.9 Å². The molecule has 3 heterocycles. The third kappa shape index (κ3) is 2.88. The zero-order valence-corrected chi connectivity index (χ0v) is 15.8. The first kappa shape index (κ1) is 17.4. The number of hydrogen-bond donors (Lipinski definition) is 0. The number of halogens is 1. The fourth-order valence-corrected chi connectivity index (χ4v) is 4.25. The number of ketones is 1. The number of Topliss-reactive ketones (excluding diaryl/α,β-unsaturated/α-hetero) is 1. The second-order valence-corrected chi connectivity index (χ2v) is 7.82. The highest BCUT2D eigenvalue weighted by Gasteiger charge is 2.43. The van der Waals surface area contributed by atoms with Crippen molar-refractivity contribution in [3.8, 4) is 17.2 Å². The maximum atomic E-state index is 12.9. The third-order valence-corrected chi connectivity index (χ3v) is 5.87. The minimum Gasteiger partial charge on any atom is -0.486 e. The average Bonchev–Trinajstić information content (AvgIpc) is 3.17. The summed E-state index contributed by atoms with van der Waals surface area (Å²) in [6.45, 7) is 1.24. The standard InChI is InChI=1S/C21H18ClNO5/c22-14-2-4-17-15(10-14)16(24)11-21(28-17)5-7-23(8-6-21)20(25)13-1-3-18-19(9-13)27-12-26-18/h1-4,9-10H,5-8,11-12H2. The van der Waals surface area contributed by atoms with E-state index in [0.29, 0.717) is 65.8 Å². The maximum absolute atomic E-state index is 12.9. The van der Waals surface area contributed by atoms with Crippen molar-refractivity contribution in [1.82, 2.24) is 4.90 Å². The quantitative estimate of drug-likeness (QED) is 0.731. The molecule has 0 aliphatic carbocycles. The largest absolute Gasteiger partial charge is 0.486 e. The normalized spacial score (nSPS) is 19.3. The lowest BCUT2D eigenvalue weighted by molar-refractivity contribution is -0.00571. The monoisotopic (exact) mass is 399 g/mol. The number of nitrogens with zero attached hydrogens (tertiary/aromatic N) is 1. The Hall–Kier alpha value is -2.73. The Morgan fingerprint density at radius 2 is 1.75 bits per heavy atom. The highest BCUT2D eigenvalue weighted by Crippen LogP contribution is 2.40. The van der Waals surface area contributed by atoms with Crippen LogP contribution in [0, 0.1) is 0 Å². The first-order valence-electron chi connectivity index (χ1n) is 9.24. The van der Waals surface area contributed by atoms with Gasteiger partial charge >= 0.3 is 0 Å². The van der Waals surface area contributed by atoms with Gasteiger partial charge in [-0.05, 0) is 36.4 Å². The number of piperidine rings is 1. The molecule has 1 saturated heterocycles. The van der Waals surface area contributed by atoms with Gasteiger partial charge in [0.1, 0.15) is 11.4 Å². The summed E-state index contributed by atoms with van der Waals surface area (Å²) in [6, 6.07) is 10.4. The van der Waals surface area contributed by atoms with Crippen molar-refractivity contribution >= 4 is 23.3 Å². The molecule has 2 aromatic rings. The van der Waals surface area contributed by atoms with E-state index >= 15 is 0 Å². The van der Waals surface area contributed by atoms with Crippen LogP contribution in [0.3, 0.4) is 0 Å². The predicted octanol–water partition coefficient (Wildman–Crippen LogP) is 3.71. The van der Waals surface area contributed by atoms with Crippen LogP contribution in [0.25, 0.3) is 0 Å². The van der Waals surface area contributed by atoms with E-state index in [2.05, 4.69) is 0 Å². The molecule has 2 aromatic carbocycles. The van der Waals surface area contributed by atoms with Crippen LogP contribution in [0.1, 0.15) is 40.0 Å². The molecule has 3 aliphatic rings. The van der Waals surface area contributed by atoms with Crippen molar-refractivity contribution in [3.63, 3.8) is 0 Å². The molecule has 0 bridgehead atoms. The molecule has 0 N–H and O–H groups in total. The Bertz CT molecular complexity index is 981. The summed E-state index contributed by atoms with van der Waals surface area (Å²) in [6.07, 6.45) is 1.53.